The summed E-state index contributed by atoms with van der Waals surface area (Å²) in [4.78, 5) is 3.97. The van der Waals surface area contributed by atoms with Gasteiger partial charge in [0.05, 0.1) is 0 Å². The molecule has 0 fully saturated rings. The summed E-state index contributed by atoms with van der Waals surface area (Å²) in [7, 11) is 0. The second-order valence-corrected chi connectivity index (χ2v) is 3.23. The number of nitrogens with zero attached hydrogens (tertiary/aromatic N) is 3. The average molecular weight is 174 g/mol. The number of rotatable bonds is 2. The van der Waals surface area contributed by atoms with Crippen LogP contribution < -0.4 is 0 Å². The fourth-order valence-electron chi connectivity index (χ4n) is 1.31. The van der Waals surface area contributed by atoms with Crippen molar-refractivity contribution in [2.75, 3.05) is 6.54 Å². The average Bonchev–Trinajstić information content (AvgIpc) is 2.53. The lowest BCUT2D eigenvalue weighted by atomic mass is 10.3. The van der Waals surface area contributed by atoms with Gasteiger partial charge in [0.1, 0.15) is 6.54 Å². The molecule has 0 amide bonds. The normalized spacial score (nSPS) is 15.5. The number of hydrogen-bond acceptors (Lipinski definition) is 2. The highest BCUT2D eigenvalue weighted by Gasteiger charge is 2.11. The van der Waals surface area contributed by atoms with Crippen molar-refractivity contribution in [2.24, 2.45) is 5.11 Å². The van der Waals surface area contributed by atoms with E-state index in [1.807, 2.05) is 29.2 Å². The Hall–Kier alpha value is -1.51. The largest absolute Gasteiger partial charge is 0.265 e. The lowest BCUT2D eigenvalue weighted by Gasteiger charge is -1.92. The molecule has 1 aromatic rings. The molecule has 0 unspecified atom stereocenters. The molecule has 0 saturated carbocycles. The van der Waals surface area contributed by atoms with Crippen molar-refractivity contribution in [3.63, 3.8) is 0 Å². The predicted molar refractivity (Wildman–Crippen MR) is 49.3 cm³/mol. The van der Waals surface area contributed by atoms with Crippen LogP contribution in [0, 0.1) is 0 Å². The van der Waals surface area contributed by atoms with Crippen LogP contribution in [0.1, 0.15) is 12.5 Å². The zero-order valence-electron chi connectivity index (χ0n) is 7.64. The van der Waals surface area contributed by atoms with Crippen molar-refractivity contribution in [2.45, 2.75) is 13.5 Å². The van der Waals surface area contributed by atoms with E-state index < -0.39 is 0 Å². The summed E-state index contributed by atoms with van der Waals surface area (Å²) >= 11 is 0. The first kappa shape index (κ1) is 8.10. The molecule has 1 aliphatic heterocycles. The van der Waals surface area contributed by atoms with Crippen LogP contribution >= 0.6 is 0 Å². The van der Waals surface area contributed by atoms with Crippen molar-refractivity contribution in [1.82, 2.24) is 4.98 Å². The molecular formula is C10H12N3+. The zero-order chi connectivity index (χ0) is 9.10. The highest BCUT2D eigenvalue weighted by molar-refractivity contribution is 5.08. The Kier molecular flexibility index (Phi) is 2.17. The van der Waals surface area contributed by atoms with E-state index >= 15 is 0 Å². The van der Waals surface area contributed by atoms with Crippen LogP contribution in [-0.4, -0.2) is 16.2 Å². The van der Waals surface area contributed by atoms with Gasteiger partial charge in [-0.2, -0.15) is 0 Å². The van der Waals surface area contributed by atoms with Crippen LogP contribution in [0.25, 0.3) is 0 Å². The molecule has 1 aromatic heterocycles. The number of pyridine rings is 1. The third kappa shape index (κ3) is 1.99. The number of azo groups is 2. The molecule has 0 N–H and O–H groups in total. The molecule has 13 heavy (non-hydrogen) atoms. The molecule has 1 aliphatic rings. The SMILES string of the molecule is CC1=C[N+](Cc2ccncc2)=NC1. The van der Waals surface area contributed by atoms with Crippen molar-refractivity contribution in [3.05, 3.63) is 41.9 Å². The smallest absolute Gasteiger partial charge is 0.199 e. The van der Waals surface area contributed by atoms with Crippen LogP contribution in [0.2, 0.25) is 0 Å². The second-order valence-electron chi connectivity index (χ2n) is 3.23. The van der Waals surface area contributed by atoms with Crippen LogP contribution in [0.15, 0.2) is 41.4 Å². The van der Waals surface area contributed by atoms with Gasteiger partial charge in [0.15, 0.2) is 12.7 Å². The molecule has 0 aromatic carbocycles. The van der Waals surface area contributed by atoms with E-state index in [0.29, 0.717) is 0 Å². The molecule has 0 aliphatic carbocycles. The Balaban J connectivity index is 2.08. The molecule has 66 valence electrons. The first-order valence-corrected chi connectivity index (χ1v) is 4.35. The highest BCUT2D eigenvalue weighted by atomic mass is 15.3. The Morgan fingerprint density at radius 2 is 2.15 bits per heavy atom. The summed E-state index contributed by atoms with van der Waals surface area (Å²) in [5.74, 6) is 0. The molecular weight excluding hydrogens is 162 g/mol. The molecule has 0 atom stereocenters. The quantitative estimate of drug-likeness (QED) is 0.630. The minimum atomic E-state index is 0.838. The summed E-state index contributed by atoms with van der Waals surface area (Å²) in [5, 5.41) is 4.33. The topological polar surface area (TPSA) is 28.3 Å². The van der Waals surface area contributed by atoms with E-state index in [4.69, 9.17) is 0 Å². The summed E-state index contributed by atoms with van der Waals surface area (Å²) in [6, 6.07) is 4.02. The lowest BCUT2D eigenvalue weighted by Crippen LogP contribution is -1.98. The third-order valence-electron chi connectivity index (χ3n) is 1.97. The van der Waals surface area contributed by atoms with Gasteiger partial charge in [0, 0.05) is 23.5 Å². The van der Waals surface area contributed by atoms with Crippen molar-refractivity contribution < 1.29 is 4.70 Å². The van der Waals surface area contributed by atoms with Gasteiger partial charge in [0.2, 0.25) is 0 Å². The maximum Gasteiger partial charge on any atom is 0.199 e. The van der Waals surface area contributed by atoms with E-state index in [-0.39, 0.29) is 0 Å². The molecule has 3 heteroatoms. The van der Waals surface area contributed by atoms with Gasteiger partial charge in [-0.1, -0.05) is 4.70 Å². The molecule has 2 rings (SSSR count). The standard InChI is InChI=1S/C10H12N3/c1-9-6-12-13(7-9)8-10-2-4-11-5-3-10/h2-5,7H,6,8H2,1H3/q+1. The van der Waals surface area contributed by atoms with Gasteiger partial charge < -0.3 is 0 Å². The highest BCUT2D eigenvalue weighted by Crippen LogP contribution is 2.07. The van der Waals surface area contributed by atoms with Gasteiger partial charge >= 0.3 is 0 Å². The maximum atomic E-state index is 4.33. The summed E-state index contributed by atoms with van der Waals surface area (Å²) < 4.78 is 1.98. The number of hydrogen-bond donors (Lipinski definition) is 0. The van der Waals surface area contributed by atoms with Crippen LogP contribution in [-0.2, 0) is 6.54 Å². The van der Waals surface area contributed by atoms with Crippen LogP contribution in [0.4, 0.5) is 0 Å². The predicted octanol–water partition coefficient (Wildman–Crippen LogP) is 1.96. The first-order chi connectivity index (χ1) is 6.34. The van der Waals surface area contributed by atoms with Gasteiger partial charge in [-0.3, -0.25) is 4.98 Å². The Morgan fingerprint density at radius 1 is 1.38 bits per heavy atom. The zero-order valence-corrected chi connectivity index (χ0v) is 7.64. The molecule has 3 nitrogen and oxygen atoms in total. The minimum absolute atomic E-state index is 0.838. The van der Waals surface area contributed by atoms with Gasteiger partial charge in [-0.05, 0) is 24.2 Å². The Morgan fingerprint density at radius 3 is 2.77 bits per heavy atom. The summed E-state index contributed by atoms with van der Waals surface area (Å²) in [6.45, 7) is 3.78. The van der Waals surface area contributed by atoms with Crippen LogP contribution in [0.5, 0.6) is 0 Å². The van der Waals surface area contributed by atoms with E-state index in [1.165, 1.54) is 11.1 Å². The minimum Gasteiger partial charge on any atom is -0.265 e. The van der Waals surface area contributed by atoms with Crippen molar-refractivity contribution in [1.29, 1.82) is 0 Å². The Labute approximate surface area is 77.4 Å². The molecule has 0 spiro atoms. The van der Waals surface area contributed by atoms with E-state index in [0.717, 1.165) is 13.1 Å². The van der Waals surface area contributed by atoms with Crippen molar-refractivity contribution in [3.8, 4) is 0 Å². The molecule has 0 radical (unpaired) electrons. The first-order valence-electron chi connectivity index (χ1n) is 4.35. The van der Waals surface area contributed by atoms with Gasteiger partial charge in [0.25, 0.3) is 0 Å². The lowest BCUT2D eigenvalue weighted by molar-refractivity contribution is -0.539. The maximum absolute atomic E-state index is 4.33. The van der Waals surface area contributed by atoms with Gasteiger partial charge in [-0.15, -0.1) is 0 Å². The molecule has 0 saturated heterocycles. The monoisotopic (exact) mass is 174 g/mol. The van der Waals surface area contributed by atoms with Gasteiger partial charge in [-0.25, -0.2) is 0 Å². The summed E-state index contributed by atoms with van der Waals surface area (Å²) in [5.41, 5.74) is 2.55. The second kappa shape index (κ2) is 3.47. The summed E-state index contributed by atoms with van der Waals surface area (Å²) in [6.07, 6.45) is 5.70. The third-order valence-corrected chi connectivity index (χ3v) is 1.97. The van der Waals surface area contributed by atoms with E-state index in [2.05, 4.69) is 23.2 Å². The van der Waals surface area contributed by atoms with E-state index in [9.17, 15) is 0 Å². The fourth-order valence-corrected chi connectivity index (χ4v) is 1.31. The molecule has 0 bridgehead atoms. The van der Waals surface area contributed by atoms with Crippen LogP contribution in [0.3, 0.4) is 0 Å². The van der Waals surface area contributed by atoms with Crippen molar-refractivity contribution >= 4 is 0 Å². The molecule has 2 heterocycles. The van der Waals surface area contributed by atoms with E-state index in [1.54, 1.807) is 0 Å². The number of aromatic nitrogens is 1. The Bertz CT molecular complexity index is 352. The fraction of sp³-hybridized carbons (Fsp3) is 0.300.